The van der Waals surface area contributed by atoms with Crippen molar-refractivity contribution in [3.05, 3.63) is 16.8 Å². The number of rotatable bonds is 4. The van der Waals surface area contributed by atoms with E-state index in [0.717, 1.165) is 35.5 Å². The van der Waals surface area contributed by atoms with Gasteiger partial charge in [0.25, 0.3) is 0 Å². The van der Waals surface area contributed by atoms with Crippen LogP contribution in [0.15, 0.2) is 11.4 Å². The van der Waals surface area contributed by atoms with Crippen LogP contribution in [0.1, 0.15) is 36.1 Å². The molecular formula is C20H24N4O2S2. The molecular weight excluding hydrogens is 392 g/mol. The summed E-state index contributed by atoms with van der Waals surface area (Å²) < 4.78 is 0. The van der Waals surface area contributed by atoms with E-state index in [9.17, 15) is 9.59 Å². The lowest BCUT2D eigenvalue weighted by Crippen LogP contribution is -2.51. The Balaban J connectivity index is 1.22. The molecule has 0 bridgehead atoms. The van der Waals surface area contributed by atoms with Gasteiger partial charge in [-0.3, -0.25) is 9.59 Å². The van der Waals surface area contributed by atoms with Gasteiger partial charge in [0.2, 0.25) is 11.8 Å². The van der Waals surface area contributed by atoms with Crippen LogP contribution in [0, 0.1) is 5.92 Å². The summed E-state index contributed by atoms with van der Waals surface area (Å²) in [6.45, 7) is 2.62. The van der Waals surface area contributed by atoms with E-state index in [-0.39, 0.29) is 17.7 Å². The number of nitrogens with zero attached hydrogens (tertiary/aromatic N) is 4. The molecule has 3 heterocycles. The molecule has 148 valence electrons. The summed E-state index contributed by atoms with van der Waals surface area (Å²) in [7, 11) is 0. The molecule has 2 aromatic rings. The third-order valence-electron chi connectivity index (χ3n) is 5.92. The lowest BCUT2D eigenvalue weighted by molar-refractivity contribution is -0.139. The zero-order valence-electron chi connectivity index (χ0n) is 15.9. The molecule has 2 aromatic heterocycles. The van der Waals surface area contributed by atoms with Crippen LogP contribution in [0.25, 0.3) is 10.2 Å². The monoisotopic (exact) mass is 416 g/mol. The molecule has 0 N–H and O–H groups in total. The van der Waals surface area contributed by atoms with Crippen molar-refractivity contribution in [2.45, 2.75) is 43.6 Å². The van der Waals surface area contributed by atoms with Gasteiger partial charge in [0.15, 0.2) is 0 Å². The Morgan fingerprint density at radius 3 is 2.61 bits per heavy atom. The molecule has 0 atom stereocenters. The molecule has 1 saturated heterocycles. The minimum absolute atomic E-state index is 0.138. The third kappa shape index (κ3) is 3.52. The van der Waals surface area contributed by atoms with Crippen LogP contribution in [-0.4, -0.2) is 63.5 Å². The number of hydrogen-bond donors (Lipinski definition) is 0. The summed E-state index contributed by atoms with van der Waals surface area (Å²) >= 11 is 3.32. The summed E-state index contributed by atoms with van der Waals surface area (Å²) in [6.07, 6.45) is 8.41. The van der Waals surface area contributed by atoms with Gasteiger partial charge in [-0.2, -0.15) is 0 Å². The predicted molar refractivity (Wildman–Crippen MR) is 111 cm³/mol. The maximum absolute atomic E-state index is 12.7. The summed E-state index contributed by atoms with van der Waals surface area (Å²) in [6, 6.07) is 0. The molecule has 2 fully saturated rings. The van der Waals surface area contributed by atoms with Crippen molar-refractivity contribution in [2.75, 3.05) is 31.9 Å². The Kier molecular flexibility index (Phi) is 5.00. The Morgan fingerprint density at radius 1 is 1.07 bits per heavy atom. The molecule has 28 heavy (non-hydrogen) atoms. The van der Waals surface area contributed by atoms with Crippen molar-refractivity contribution in [1.29, 1.82) is 0 Å². The van der Waals surface area contributed by atoms with Crippen molar-refractivity contribution >= 4 is 45.1 Å². The van der Waals surface area contributed by atoms with Gasteiger partial charge in [-0.15, -0.1) is 11.3 Å². The second-order valence-corrected chi connectivity index (χ2v) is 9.89. The van der Waals surface area contributed by atoms with Gasteiger partial charge in [0.05, 0.1) is 5.75 Å². The predicted octanol–water partition coefficient (Wildman–Crippen LogP) is 2.74. The zero-order chi connectivity index (χ0) is 19.1. The first-order valence-electron chi connectivity index (χ1n) is 10.2. The number of aromatic nitrogens is 2. The number of thiophene rings is 1. The second-order valence-electron chi connectivity index (χ2n) is 7.84. The highest BCUT2D eigenvalue weighted by atomic mass is 32.2. The number of carbonyl (C=O) groups excluding carboxylic acids is 2. The van der Waals surface area contributed by atoms with E-state index >= 15 is 0 Å². The molecule has 0 radical (unpaired) electrons. The molecule has 0 unspecified atom stereocenters. The fourth-order valence-electron chi connectivity index (χ4n) is 4.16. The van der Waals surface area contributed by atoms with Crippen LogP contribution < -0.4 is 0 Å². The van der Waals surface area contributed by atoms with Gasteiger partial charge >= 0.3 is 0 Å². The van der Waals surface area contributed by atoms with Gasteiger partial charge < -0.3 is 9.80 Å². The molecule has 6 nitrogen and oxygen atoms in total. The van der Waals surface area contributed by atoms with Crippen molar-refractivity contribution in [2.24, 2.45) is 5.92 Å². The van der Waals surface area contributed by atoms with Gasteiger partial charge in [0, 0.05) is 42.4 Å². The topological polar surface area (TPSA) is 66.4 Å². The van der Waals surface area contributed by atoms with Gasteiger partial charge in [0.1, 0.15) is 16.2 Å². The first kappa shape index (κ1) is 18.4. The lowest BCUT2D eigenvalue weighted by atomic mass is 9.97. The lowest BCUT2D eigenvalue weighted by Gasteiger charge is -2.34. The number of piperazine rings is 1. The number of thioether (sulfide) groups is 1. The summed E-state index contributed by atoms with van der Waals surface area (Å²) in [5, 5.41) is 2.13. The third-order valence-corrected chi connectivity index (χ3v) is 8.09. The maximum Gasteiger partial charge on any atom is 0.233 e. The van der Waals surface area contributed by atoms with E-state index in [4.69, 9.17) is 0 Å². The van der Waals surface area contributed by atoms with Crippen LogP contribution in [0.4, 0.5) is 0 Å². The van der Waals surface area contributed by atoms with Gasteiger partial charge in [-0.25, -0.2) is 9.97 Å². The van der Waals surface area contributed by atoms with E-state index in [1.807, 2.05) is 9.80 Å². The van der Waals surface area contributed by atoms with Crippen LogP contribution in [0.2, 0.25) is 0 Å². The molecule has 2 aliphatic carbocycles. The van der Waals surface area contributed by atoms with Crippen LogP contribution in [0.3, 0.4) is 0 Å². The van der Waals surface area contributed by atoms with Gasteiger partial charge in [-0.1, -0.05) is 11.8 Å². The Hall–Kier alpha value is -1.67. The molecule has 8 heteroatoms. The number of aryl methyl sites for hydroxylation is 2. The molecule has 1 aliphatic heterocycles. The van der Waals surface area contributed by atoms with E-state index in [1.165, 1.54) is 40.4 Å². The van der Waals surface area contributed by atoms with Crippen LogP contribution in [-0.2, 0) is 22.4 Å². The van der Waals surface area contributed by atoms with Crippen LogP contribution in [0.5, 0.6) is 0 Å². The van der Waals surface area contributed by atoms with E-state index < -0.39 is 0 Å². The molecule has 1 saturated carbocycles. The fraction of sp³-hybridized carbons (Fsp3) is 0.600. The van der Waals surface area contributed by atoms with E-state index in [2.05, 4.69) is 9.97 Å². The number of carbonyl (C=O) groups is 2. The molecule has 5 rings (SSSR count). The average molecular weight is 417 g/mol. The maximum atomic E-state index is 12.7. The summed E-state index contributed by atoms with van der Waals surface area (Å²) in [4.78, 5) is 40.2. The molecule has 2 amide bonds. The highest BCUT2D eigenvalue weighted by Gasteiger charge is 2.35. The zero-order valence-corrected chi connectivity index (χ0v) is 17.5. The Bertz CT molecular complexity index is 916. The standard InChI is InChI=1S/C20H24N4O2S2/c25-16(23-7-9-24(10-8-23)20(26)13-5-6-13)11-27-18-17-14-3-1-2-4-15(14)28-19(17)22-12-21-18/h12-13H,1-11H2. The Morgan fingerprint density at radius 2 is 1.82 bits per heavy atom. The number of hydrogen-bond acceptors (Lipinski definition) is 6. The number of fused-ring (bicyclic) bond motifs is 3. The smallest absolute Gasteiger partial charge is 0.233 e. The number of amides is 2. The highest BCUT2D eigenvalue weighted by molar-refractivity contribution is 8.00. The quantitative estimate of drug-likeness (QED) is 0.566. The molecule has 3 aliphatic rings. The summed E-state index contributed by atoms with van der Waals surface area (Å²) in [5.74, 6) is 1.08. The minimum Gasteiger partial charge on any atom is -0.339 e. The molecule has 0 aromatic carbocycles. The normalized spacial score (nSPS) is 19.7. The average Bonchev–Trinajstić information content (AvgIpc) is 3.51. The minimum atomic E-state index is 0.138. The highest BCUT2D eigenvalue weighted by Crippen LogP contribution is 2.39. The van der Waals surface area contributed by atoms with Crippen LogP contribution >= 0.6 is 23.1 Å². The Labute approximate surface area is 172 Å². The van der Waals surface area contributed by atoms with E-state index in [0.29, 0.717) is 31.9 Å². The first-order chi connectivity index (χ1) is 13.7. The van der Waals surface area contributed by atoms with Crippen molar-refractivity contribution in [1.82, 2.24) is 19.8 Å². The second kappa shape index (κ2) is 7.63. The fourth-order valence-corrected chi connectivity index (χ4v) is 6.38. The largest absolute Gasteiger partial charge is 0.339 e. The summed E-state index contributed by atoms with van der Waals surface area (Å²) in [5.41, 5.74) is 1.41. The van der Waals surface area contributed by atoms with Crippen molar-refractivity contribution in [3.63, 3.8) is 0 Å². The van der Waals surface area contributed by atoms with Gasteiger partial charge in [-0.05, 0) is 44.1 Å². The first-order valence-corrected chi connectivity index (χ1v) is 12.0. The molecule has 0 spiro atoms. The SMILES string of the molecule is O=C(CSc1ncnc2sc3c(c12)CCCC3)N1CCN(C(=O)C2CC2)CC1. The van der Waals surface area contributed by atoms with Crippen molar-refractivity contribution in [3.8, 4) is 0 Å². The van der Waals surface area contributed by atoms with Crippen molar-refractivity contribution < 1.29 is 9.59 Å². The van der Waals surface area contributed by atoms with E-state index in [1.54, 1.807) is 17.7 Å².